The molecule has 6 heteroatoms. The number of benzene rings is 1. The summed E-state index contributed by atoms with van der Waals surface area (Å²) in [4.78, 5) is 11.8. The molecule has 0 saturated carbocycles. The lowest BCUT2D eigenvalue weighted by atomic mass is 10.2. The van der Waals surface area contributed by atoms with Gasteiger partial charge in [0, 0.05) is 22.7 Å². The SMILES string of the molecule is CCCOc1cc(NC(C)c2cccs2)ccc1[N+](=O)[O-]. The summed E-state index contributed by atoms with van der Waals surface area (Å²) < 4.78 is 5.48. The topological polar surface area (TPSA) is 64.4 Å². The zero-order chi connectivity index (χ0) is 15.2. The quantitative estimate of drug-likeness (QED) is 0.599. The van der Waals surface area contributed by atoms with E-state index in [2.05, 4.69) is 18.3 Å². The van der Waals surface area contributed by atoms with Crippen molar-refractivity contribution in [2.75, 3.05) is 11.9 Å². The number of hydrogen-bond acceptors (Lipinski definition) is 5. The van der Waals surface area contributed by atoms with Gasteiger partial charge in [0.15, 0.2) is 5.75 Å². The zero-order valence-corrected chi connectivity index (χ0v) is 12.9. The van der Waals surface area contributed by atoms with E-state index < -0.39 is 4.92 Å². The van der Waals surface area contributed by atoms with Crippen LogP contribution >= 0.6 is 11.3 Å². The van der Waals surface area contributed by atoms with Crippen molar-refractivity contribution >= 4 is 22.7 Å². The van der Waals surface area contributed by atoms with Gasteiger partial charge in [-0.25, -0.2) is 0 Å². The summed E-state index contributed by atoms with van der Waals surface area (Å²) in [7, 11) is 0. The molecule has 1 aromatic carbocycles. The lowest BCUT2D eigenvalue weighted by Crippen LogP contribution is -2.06. The van der Waals surface area contributed by atoms with Crippen LogP contribution in [0.15, 0.2) is 35.7 Å². The van der Waals surface area contributed by atoms with Gasteiger partial charge in [-0.05, 0) is 30.9 Å². The van der Waals surface area contributed by atoms with Crippen LogP contribution in [0.2, 0.25) is 0 Å². The average molecular weight is 306 g/mol. The molecule has 0 amide bonds. The van der Waals surface area contributed by atoms with Crippen LogP contribution in [-0.2, 0) is 0 Å². The number of nitro groups is 1. The summed E-state index contributed by atoms with van der Waals surface area (Å²) in [6.07, 6.45) is 0.806. The first-order valence-electron chi connectivity index (χ1n) is 6.83. The van der Waals surface area contributed by atoms with Gasteiger partial charge in [-0.1, -0.05) is 13.0 Å². The average Bonchev–Trinajstić information content (AvgIpc) is 2.99. The minimum atomic E-state index is -0.419. The van der Waals surface area contributed by atoms with Crippen LogP contribution < -0.4 is 10.1 Å². The molecular formula is C15H18N2O3S. The Kier molecular flexibility index (Phi) is 5.16. The number of anilines is 1. The van der Waals surface area contributed by atoms with Gasteiger partial charge in [-0.15, -0.1) is 11.3 Å². The lowest BCUT2D eigenvalue weighted by molar-refractivity contribution is -0.385. The Morgan fingerprint density at radius 1 is 1.43 bits per heavy atom. The van der Waals surface area contributed by atoms with E-state index in [1.807, 2.05) is 18.4 Å². The summed E-state index contributed by atoms with van der Waals surface area (Å²) in [6.45, 7) is 4.48. The van der Waals surface area contributed by atoms with Crippen LogP contribution in [0.25, 0.3) is 0 Å². The van der Waals surface area contributed by atoms with Gasteiger partial charge >= 0.3 is 5.69 Å². The zero-order valence-electron chi connectivity index (χ0n) is 12.0. The predicted molar refractivity (Wildman–Crippen MR) is 85.2 cm³/mol. The molecule has 1 aromatic heterocycles. The molecule has 0 spiro atoms. The molecule has 0 aliphatic rings. The molecule has 0 bridgehead atoms. The maximum Gasteiger partial charge on any atom is 0.311 e. The second-order valence-corrected chi connectivity index (χ2v) is 5.65. The van der Waals surface area contributed by atoms with Crippen LogP contribution in [0.3, 0.4) is 0 Å². The van der Waals surface area contributed by atoms with E-state index in [4.69, 9.17) is 4.74 Å². The third-order valence-corrected chi connectivity index (χ3v) is 4.03. The summed E-state index contributed by atoms with van der Waals surface area (Å²) in [6, 6.07) is 9.09. The highest BCUT2D eigenvalue weighted by Gasteiger charge is 2.16. The van der Waals surface area contributed by atoms with Gasteiger partial charge in [0.1, 0.15) is 0 Å². The van der Waals surface area contributed by atoms with E-state index in [-0.39, 0.29) is 11.7 Å². The van der Waals surface area contributed by atoms with Crippen LogP contribution in [0.5, 0.6) is 5.75 Å². The molecule has 0 aliphatic heterocycles. The Labute approximate surface area is 127 Å². The number of nitrogens with zero attached hydrogens (tertiary/aromatic N) is 1. The fourth-order valence-electron chi connectivity index (χ4n) is 1.94. The minimum absolute atomic E-state index is 0.00206. The maximum atomic E-state index is 11.0. The highest BCUT2D eigenvalue weighted by atomic mass is 32.1. The Balaban J connectivity index is 2.18. The molecular weight excluding hydrogens is 288 g/mol. The van der Waals surface area contributed by atoms with Crippen molar-refractivity contribution in [2.45, 2.75) is 26.3 Å². The molecule has 0 aliphatic carbocycles. The van der Waals surface area contributed by atoms with Gasteiger partial charge < -0.3 is 10.1 Å². The molecule has 112 valence electrons. The van der Waals surface area contributed by atoms with Crippen LogP contribution in [0.1, 0.15) is 31.2 Å². The van der Waals surface area contributed by atoms with Crippen molar-refractivity contribution in [2.24, 2.45) is 0 Å². The number of nitrogens with one attached hydrogen (secondary N) is 1. The van der Waals surface area contributed by atoms with Gasteiger partial charge in [0.25, 0.3) is 0 Å². The molecule has 0 saturated heterocycles. The Bertz CT molecular complexity index is 599. The van der Waals surface area contributed by atoms with Gasteiger partial charge in [-0.2, -0.15) is 0 Å². The largest absolute Gasteiger partial charge is 0.487 e. The first-order chi connectivity index (χ1) is 10.1. The summed E-state index contributed by atoms with van der Waals surface area (Å²) in [5.41, 5.74) is 0.811. The first kappa shape index (κ1) is 15.3. The molecule has 2 rings (SSSR count). The first-order valence-corrected chi connectivity index (χ1v) is 7.71. The molecule has 1 heterocycles. The van der Waals surface area contributed by atoms with Gasteiger partial charge in [-0.3, -0.25) is 10.1 Å². The van der Waals surface area contributed by atoms with Crippen molar-refractivity contribution in [3.8, 4) is 5.75 Å². The molecule has 1 N–H and O–H groups in total. The molecule has 5 nitrogen and oxygen atoms in total. The van der Waals surface area contributed by atoms with Crippen LogP contribution in [-0.4, -0.2) is 11.5 Å². The maximum absolute atomic E-state index is 11.0. The third-order valence-electron chi connectivity index (χ3n) is 2.97. The molecule has 0 fully saturated rings. The molecule has 1 unspecified atom stereocenters. The van der Waals surface area contributed by atoms with Crippen LogP contribution in [0, 0.1) is 10.1 Å². The standard InChI is InChI=1S/C15H18N2O3S/c1-3-8-20-14-10-12(6-7-13(14)17(18)19)16-11(2)15-5-4-9-21-15/h4-7,9-11,16H,3,8H2,1-2H3. The Hall–Kier alpha value is -2.08. The summed E-state index contributed by atoms with van der Waals surface area (Å²) in [5, 5.41) is 16.4. The van der Waals surface area contributed by atoms with Gasteiger partial charge in [0.05, 0.1) is 17.6 Å². The van der Waals surface area contributed by atoms with Crippen molar-refractivity contribution in [3.05, 3.63) is 50.7 Å². The van der Waals surface area contributed by atoms with E-state index in [0.717, 1.165) is 12.1 Å². The number of thiophene rings is 1. The van der Waals surface area contributed by atoms with E-state index in [9.17, 15) is 10.1 Å². The number of rotatable bonds is 7. The molecule has 2 aromatic rings. The Morgan fingerprint density at radius 3 is 2.86 bits per heavy atom. The summed E-state index contributed by atoms with van der Waals surface area (Å²) >= 11 is 1.67. The normalized spacial score (nSPS) is 11.9. The smallest absolute Gasteiger partial charge is 0.311 e. The summed E-state index contributed by atoms with van der Waals surface area (Å²) in [5.74, 6) is 0.310. The van der Waals surface area contributed by atoms with E-state index in [0.29, 0.717) is 12.4 Å². The van der Waals surface area contributed by atoms with E-state index in [1.165, 1.54) is 10.9 Å². The number of ether oxygens (including phenoxy) is 1. The Morgan fingerprint density at radius 2 is 2.24 bits per heavy atom. The second-order valence-electron chi connectivity index (χ2n) is 4.67. The highest BCUT2D eigenvalue weighted by molar-refractivity contribution is 7.10. The minimum Gasteiger partial charge on any atom is -0.487 e. The van der Waals surface area contributed by atoms with E-state index in [1.54, 1.807) is 23.5 Å². The van der Waals surface area contributed by atoms with Crippen LogP contribution in [0.4, 0.5) is 11.4 Å². The highest BCUT2D eigenvalue weighted by Crippen LogP contribution is 2.32. The van der Waals surface area contributed by atoms with Crippen molar-refractivity contribution in [1.82, 2.24) is 0 Å². The molecule has 0 radical (unpaired) electrons. The number of nitro benzene ring substituents is 1. The predicted octanol–water partition coefficient (Wildman–Crippen LogP) is 4.62. The third kappa shape index (κ3) is 3.95. The monoisotopic (exact) mass is 306 g/mol. The van der Waals surface area contributed by atoms with E-state index >= 15 is 0 Å². The lowest BCUT2D eigenvalue weighted by Gasteiger charge is -2.15. The fourth-order valence-corrected chi connectivity index (χ4v) is 2.68. The second kappa shape index (κ2) is 7.08. The molecule has 1 atom stereocenters. The van der Waals surface area contributed by atoms with Crippen molar-refractivity contribution < 1.29 is 9.66 Å². The molecule has 21 heavy (non-hydrogen) atoms. The van der Waals surface area contributed by atoms with Crippen molar-refractivity contribution in [1.29, 1.82) is 0 Å². The van der Waals surface area contributed by atoms with Crippen molar-refractivity contribution in [3.63, 3.8) is 0 Å². The van der Waals surface area contributed by atoms with Gasteiger partial charge in [0.2, 0.25) is 0 Å². The number of hydrogen-bond donors (Lipinski definition) is 1. The fraction of sp³-hybridized carbons (Fsp3) is 0.333.